The number of carbonyl (C=O) groups is 2. The number of aryl methyl sites for hydroxylation is 1. The predicted octanol–water partition coefficient (Wildman–Crippen LogP) is 4.25. The van der Waals surface area contributed by atoms with Gasteiger partial charge in [-0.1, -0.05) is 46.1 Å². The van der Waals surface area contributed by atoms with E-state index in [0.717, 1.165) is 35.7 Å². The summed E-state index contributed by atoms with van der Waals surface area (Å²) >= 11 is 3.40. The van der Waals surface area contributed by atoms with Gasteiger partial charge in [-0.05, 0) is 38.0 Å². The van der Waals surface area contributed by atoms with Gasteiger partial charge in [0.1, 0.15) is 17.1 Å². The van der Waals surface area contributed by atoms with Crippen molar-refractivity contribution in [2.24, 2.45) is 5.92 Å². The van der Waals surface area contributed by atoms with Crippen LogP contribution in [0.15, 0.2) is 45.5 Å². The fraction of sp³-hybridized carbons (Fsp3) is 0.348. The molecule has 1 fully saturated rings. The van der Waals surface area contributed by atoms with Gasteiger partial charge in [0.05, 0.1) is 11.7 Å². The van der Waals surface area contributed by atoms with Gasteiger partial charge < -0.3 is 19.9 Å². The van der Waals surface area contributed by atoms with Crippen molar-refractivity contribution in [3.8, 4) is 11.3 Å². The third-order valence-corrected chi connectivity index (χ3v) is 6.32. The first-order valence-electron chi connectivity index (χ1n) is 10.4. The number of nitrogens with one attached hydrogen (secondary N) is 2. The highest BCUT2D eigenvalue weighted by atomic mass is 79.9. The van der Waals surface area contributed by atoms with Crippen LogP contribution in [0.1, 0.15) is 57.9 Å². The highest BCUT2D eigenvalue weighted by Crippen LogP contribution is 2.29. The highest BCUT2D eigenvalue weighted by Gasteiger charge is 2.26. The van der Waals surface area contributed by atoms with Crippen LogP contribution in [-0.2, 0) is 0 Å². The molecule has 0 bridgehead atoms. The Kier molecular flexibility index (Phi) is 6.38. The zero-order valence-corrected chi connectivity index (χ0v) is 18.7. The molecule has 8 heteroatoms. The fourth-order valence-corrected chi connectivity index (χ4v) is 4.25. The summed E-state index contributed by atoms with van der Waals surface area (Å²) in [6, 6.07) is 8.99. The molecule has 4 rings (SSSR count). The van der Waals surface area contributed by atoms with Crippen molar-refractivity contribution in [1.29, 1.82) is 0 Å². The quantitative estimate of drug-likeness (QED) is 0.452. The van der Waals surface area contributed by atoms with Crippen molar-refractivity contribution >= 4 is 27.6 Å². The van der Waals surface area contributed by atoms with E-state index in [-0.39, 0.29) is 23.7 Å². The lowest BCUT2D eigenvalue weighted by molar-refractivity contribution is 0.0661. The number of aromatic amines is 1. The first kappa shape index (κ1) is 21.5. The Hall–Kier alpha value is -2.71. The van der Waals surface area contributed by atoms with Gasteiger partial charge in [0.2, 0.25) is 0 Å². The summed E-state index contributed by atoms with van der Waals surface area (Å²) in [6.07, 6.45) is 4.92. The molecule has 0 aliphatic heterocycles. The van der Waals surface area contributed by atoms with Gasteiger partial charge in [-0.2, -0.15) is 0 Å². The zero-order chi connectivity index (χ0) is 22.0. The lowest BCUT2D eigenvalue weighted by Gasteiger charge is -2.27. The molecule has 0 radical (unpaired) electrons. The molecule has 3 aromatic rings. The SMILES string of the molecule is Cc1onc(-c2ccc(Br)cc2)c1C(=O)c1c[nH]c(C(=O)NC[C@@H]2CCCC[C@H]2O)c1. The zero-order valence-electron chi connectivity index (χ0n) is 17.2. The van der Waals surface area contributed by atoms with Gasteiger partial charge in [0, 0.05) is 34.3 Å². The number of hydrogen-bond donors (Lipinski definition) is 3. The summed E-state index contributed by atoms with van der Waals surface area (Å²) < 4.78 is 6.22. The summed E-state index contributed by atoms with van der Waals surface area (Å²) in [6.45, 7) is 2.11. The second-order valence-electron chi connectivity index (χ2n) is 7.92. The van der Waals surface area contributed by atoms with E-state index in [2.05, 4.69) is 31.4 Å². The summed E-state index contributed by atoms with van der Waals surface area (Å²) in [5.41, 5.74) is 2.26. The van der Waals surface area contributed by atoms with E-state index in [1.807, 2.05) is 24.3 Å². The molecule has 0 spiro atoms. The summed E-state index contributed by atoms with van der Waals surface area (Å²) in [4.78, 5) is 28.6. The highest BCUT2D eigenvalue weighted by molar-refractivity contribution is 9.10. The Morgan fingerprint density at radius 3 is 2.74 bits per heavy atom. The van der Waals surface area contributed by atoms with Gasteiger partial charge in [-0.3, -0.25) is 9.59 Å². The first-order chi connectivity index (χ1) is 14.9. The lowest BCUT2D eigenvalue weighted by atomic mass is 9.86. The van der Waals surface area contributed by atoms with E-state index in [0.29, 0.717) is 34.8 Å². The Morgan fingerprint density at radius 2 is 2.00 bits per heavy atom. The molecule has 2 heterocycles. The molecule has 31 heavy (non-hydrogen) atoms. The second kappa shape index (κ2) is 9.20. The minimum absolute atomic E-state index is 0.0712. The number of amides is 1. The lowest BCUT2D eigenvalue weighted by Crippen LogP contribution is -2.36. The van der Waals surface area contributed by atoms with Gasteiger partial charge in [0.25, 0.3) is 5.91 Å². The van der Waals surface area contributed by atoms with Crippen LogP contribution in [-0.4, -0.2) is 39.6 Å². The number of hydrogen-bond acceptors (Lipinski definition) is 5. The van der Waals surface area contributed by atoms with Crippen molar-refractivity contribution in [1.82, 2.24) is 15.5 Å². The van der Waals surface area contributed by atoms with Crippen LogP contribution in [0, 0.1) is 12.8 Å². The normalized spacial score (nSPS) is 18.7. The Balaban J connectivity index is 1.49. The van der Waals surface area contributed by atoms with Crippen LogP contribution in [0.4, 0.5) is 0 Å². The standard InChI is InChI=1S/C23H24BrN3O4/c1-13-20(21(27-31-13)14-6-8-17(24)9-7-14)22(29)16-10-18(25-12-16)23(30)26-11-15-4-2-3-5-19(15)28/h6-10,12,15,19,25,28H,2-5,11H2,1H3,(H,26,30)/t15-,19+/m0/s1. The Morgan fingerprint density at radius 1 is 1.26 bits per heavy atom. The van der Waals surface area contributed by atoms with Gasteiger partial charge in [-0.25, -0.2) is 0 Å². The smallest absolute Gasteiger partial charge is 0.267 e. The molecule has 7 nitrogen and oxygen atoms in total. The van der Waals surface area contributed by atoms with Crippen molar-refractivity contribution in [2.75, 3.05) is 6.54 Å². The number of ketones is 1. The maximum atomic E-state index is 13.2. The number of halogens is 1. The number of aliphatic hydroxyl groups excluding tert-OH is 1. The van der Waals surface area contributed by atoms with Crippen LogP contribution in [0.2, 0.25) is 0 Å². The van der Waals surface area contributed by atoms with E-state index >= 15 is 0 Å². The molecule has 3 N–H and O–H groups in total. The maximum absolute atomic E-state index is 13.2. The summed E-state index contributed by atoms with van der Waals surface area (Å²) in [5, 5.41) is 17.0. The van der Waals surface area contributed by atoms with Crippen molar-refractivity contribution in [3.63, 3.8) is 0 Å². The third kappa shape index (κ3) is 4.65. The topological polar surface area (TPSA) is 108 Å². The van der Waals surface area contributed by atoms with Gasteiger partial charge >= 0.3 is 0 Å². The molecular formula is C23H24BrN3O4. The number of carbonyl (C=O) groups excluding carboxylic acids is 2. The number of H-pyrrole nitrogens is 1. The van der Waals surface area contributed by atoms with E-state index in [1.165, 1.54) is 12.3 Å². The Bertz CT molecular complexity index is 1090. The number of aliphatic hydroxyl groups is 1. The van der Waals surface area contributed by atoms with Crippen molar-refractivity contribution in [2.45, 2.75) is 38.7 Å². The molecule has 1 aliphatic carbocycles. The third-order valence-electron chi connectivity index (χ3n) is 5.79. The average Bonchev–Trinajstić information content (AvgIpc) is 3.40. The molecule has 1 aliphatic rings. The largest absolute Gasteiger partial charge is 0.393 e. The molecular weight excluding hydrogens is 462 g/mol. The predicted molar refractivity (Wildman–Crippen MR) is 119 cm³/mol. The summed E-state index contributed by atoms with van der Waals surface area (Å²) in [7, 11) is 0. The molecule has 2 atom stereocenters. The number of aromatic nitrogens is 2. The minimum atomic E-state index is -0.372. The Labute approximate surface area is 188 Å². The monoisotopic (exact) mass is 485 g/mol. The number of nitrogens with zero attached hydrogens (tertiary/aromatic N) is 1. The fourth-order valence-electron chi connectivity index (χ4n) is 3.99. The molecule has 1 saturated carbocycles. The molecule has 1 amide bonds. The van der Waals surface area contributed by atoms with Gasteiger partial charge in [0.15, 0.2) is 5.78 Å². The minimum Gasteiger partial charge on any atom is -0.393 e. The van der Waals surface area contributed by atoms with Crippen LogP contribution in [0.3, 0.4) is 0 Å². The van der Waals surface area contributed by atoms with Crippen LogP contribution in [0.5, 0.6) is 0 Å². The van der Waals surface area contributed by atoms with Crippen molar-refractivity contribution in [3.05, 3.63) is 63.6 Å². The average molecular weight is 486 g/mol. The second-order valence-corrected chi connectivity index (χ2v) is 8.84. The van der Waals surface area contributed by atoms with Crippen molar-refractivity contribution < 1.29 is 19.2 Å². The maximum Gasteiger partial charge on any atom is 0.267 e. The van der Waals surface area contributed by atoms with E-state index in [4.69, 9.17) is 4.52 Å². The summed E-state index contributed by atoms with van der Waals surface area (Å²) in [5.74, 6) is -0.0787. The molecule has 1 aromatic carbocycles. The van der Waals surface area contributed by atoms with Crippen LogP contribution >= 0.6 is 15.9 Å². The van der Waals surface area contributed by atoms with E-state index < -0.39 is 0 Å². The molecule has 0 unspecified atom stereocenters. The van der Waals surface area contributed by atoms with Gasteiger partial charge in [-0.15, -0.1) is 0 Å². The van der Waals surface area contributed by atoms with Crippen LogP contribution < -0.4 is 5.32 Å². The number of benzene rings is 1. The molecule has 2 aromatic heterocycles. The molecule has 162 valence electrons. The van der Waals surface area contributed by atoms with Crippen LogP contribution in [0.25, 0.3) is 11.3 Å². The van der Waals surface area contributed by atoms with E-state index in [9.17, 15) is 14.7 Å². The molecule has 0 saturated heterocycles. The van der Waals surface area contributed by atoms with E-state index in [1.54, 1.807) is 6.92 Å². The first-order valence-corrected chi connectivity index (χ1v) is 11.1. The number of rotatable bonds is 6.